The molecule has 0 aliphatic carbocycles. The Kier molecular flexibility index (Phi) is 4.16. The molecular formula is C10H21NO2. The lowest BCUT2D eigenvalue weighted by Gasteiger charge is -2.34. The van der Waals surface area contributed by atoms with Crippen molar-refractivity contribution < 1.29 is 10.2 Å². The summed E-state index contributed by atoms with van der Waals surface area (Å²) in [4.78, 5) is 2.30. The van der Waals surface area contributed by atoms with Crippen LogP contribution in [0.2, 0.25) is 0 Å². The molecule has 1 fully saturated rings. The van der Waals surface area contributed by atoms with Gasteiger partial charge in [-0.2, -0.15) is 0 Å². The van der Waals surface area contributed by atoms with Gasteiger partial charge in [0.1, 0.15) is 0 Å². The number of piperidine rings is 1. The Morgan fingerprint density at radius 3 is 2.23 bits per heavy atom. The molecule has 0 saturated carbocycles. The molecule has 1 rings (SSSR count). The van der Waals surface area contributed by atoms with Crippen LogP contribution in [0.5, 0.6) is 0 Å². The van der Waals surface area contributed by atoms with Crippen molar-refractivity contribution in [2.75, 3.05) is 20.1 Å². The second-order valence-corrected chi connectivity index (χ2v) is 4.13. The second kappa shape index (κ2) is 4.94. The molecule has 0 amide bonds. The highest BCUT2D eigenvalue weighted by atomic mass is 16.5. The van der Waals surface area contributed by atoms with Gasteiger partial charge in [-0.15, -0.1) is 0 Å². The zero-order chi connectivity index (χ0) is 9.84. The van der Waals surface area contributed by atoms with E-state index in [9.17, 15) is 10.2 Å². The van der Waals surface area contributed by atoms with Crippen LogP contribution in [0, 0.1) is 11.8 Å². The van der Waals surface area contributed by atoms with E-state index < -0.39 is 6.29 Å². The van der Waals surface area contributed by atoms with E-state index in [0.29, 0.717) is 5.92 Å². The minimum atomic E-state index is -1.13. The van der Waals surface area contributed by atoms with Crippen molar-refractivity contribution in [3.63, 3.8) is 0 Å². The SMILES string of the molecule is CCC(C(O)O)C1CCN(C)CC1. The quantitative estimate of drug-likeness (QED) is 0.638. The van der Waals surface area contributed by atoms with Crippen molar-refractivity contribution in [3.05, 3.63) is 0 Å². The first-order chi connectivity index (χ1) is 6.15. The summed E-state index contributed by atoms with van der Waals surface area (Å²) in [6, 6.07) is 0. The van der Waals surface area contributed by atoms with Crippen LogP contribution in [0.15, 0.2) is 0 Å². The smallest absolute Gasteiger partial charge is 0.154 e. The van der Waals surface area contributed by atoms with Gasteiger partial charge in [0.2, 0.25) is 0 Å². The van der Waals surface area contributed by atoms with Crippen LogP contribution in [0.3, 0.4) is 0 Å². The van der Waals surface area contributed by atoms with Crippen molar-refractivity contribution >= 4 is 0 Å². The summed E-state index contributed by atoms with van der Waals surface area (Å²) in [5.74, 6) is 0.579. The average Bonchev–Trinajstić information content (AvgIpc) is 2.09. The van der Waals surface area contributed by atoms with Crippen LogP contribution in [-0.4, -0.2) is 41.5 Å². The Morgan fingerprint density at radius 2 is 1.85 bits per heavy atom. The van der Waals surface area contributed by atoms with Crippen molar-refractivity contribution in [3.8, 4) is 0 Å². The highest BCUT2D eigenvalue weighted by molar-refractivity contribution is 4.76. The molecule has 0 aromatic heterocycles. The molecule has 0 radical (unpaired) electrons. The first-order valence-corrected chi connectivity index (χ1v) is 5.19. The van der Waals surface area contributed by atoms with E-state index in [-0.39, 0.29) is 5.92 Å². The molecule has 13 heavy (non-hydrogen) atoms. The molecule has 1 atom stereocenters. The van der Waals surface area contributed by atoms with Crippen LogP contribution in [0.25, 0.3) is 0 Å². The molecule has 1 saturated heterocycles. The standard InChI is InChI=1S/C10H21NO2/c1-3-9(10(12)13)8-4-6-11(2)7-5-8/h8-10,12-13H,3-7H2,1-2H3. The summed E-state index contributed by atoms with van der Waals surface area (Å²) in [5.41, 5.74) is 0. The maximum absolute atomic E-state index is 9.17. The minimum absolute atomic E-state index is 0.0775. The summed E-state index contributed by atoms with van der Waals surface area (Å²) >= 11 is 0. The lowest BCUT2D eigenvalue weighted by Crippen LogP contribution is -2.37. The van der Waals surface area contributed by atoms with Crippen LogP contribution in [-0.2, 0) is 0 Å². The number of nitrogens with zero attached hydrogens (tertiary/aromatic N) is 1. The molecule has 78 valence electrons. The number of rotatable bonds is 3. The average molecular weight is 187 g/mol. The third-order valence-electron chi connectivity index (χ3n) is 3.22. The van der Waals surface area contributed by atoms with E-state index >= 15 is 0 Å². The van der Waals surface area contributed by atoms with Crippen molar-refractivity contribution in [1.82, 2.24) is 4.90 Å². The van der Waals surface area contributed by atoms with Gasteiger partial charge in [-0.05, 0) is 45.3 Å². The molecule has 1 heterocycles. The normalized spacial score (nSPS) is 23.8. The van der Waals surface area contributed by atoms with E-state index in [1.807, 2.05) is 6.92 Å². The zero-order valence-corrected chi connectivity index (χ0v) is 8.61. The monoisotopic (exact) mass is 187 g/mol. The second-order valence-electron chi connectivity index (χ2n) is 4.13. The molecule has 1 aliphatic heterocycles. The molecule has 3 nitrogen and oxygen atoms in total. The van der Waals surface area contributed by atoms with Crippen LogP contribution < -0.4 is 0 Å². The summed E-state index contributed by atoms with van der Waals surface area (Å²) in [6.07, 6.45) is 1.95. The molecule has 0 spiro atoms. The molecule has 1 aliphatic rings. The van der Waals surface area contributed by atoms with Crippen molar-refractivity contribution in [1.29, 1.82) is 0 Å². The Morgan fingerprint density at radius 1 is 1.31 bits per heavy atom. The minimum Gasteiger partial charge on any atom is -0.368 e. The summed E-state index contributed by atoms with van der Waals surface area (Å²) < 4.78 is 0. The maximum Gasteiger partial charge on any atom is 0.154 e. The van der Waals surface area contributed by atoms with E-state index in [4.69, 9.17) is 0 Å². The van der Waals surface area contributed by atoms with Gasteiger partial charge in [-0.1, -0.05) is 6.92 Å². The predicted molar refractivity (Wildman–Crippen MR) is 52.2 cm³/mol. The summed E-state index contributed by atoms with van der Waals surface area (Å²) in [6.45, 7) is 4.21. The van der Waals surface area contributed by atoms with Gasteiger partial charge in [-0.25, -0.2) is 0 Å². The molecule has 0 bridgehead atoms. The van der Waals surface area contributed by atoms with Gasteiger partial charge in [0.05, 0.1) is 0 Å². The Labute approximate surface area is 80.4 Å². The molecular weight excluding hydrogens is 166 g/mol. The number of aliphatic hydroxyl groups excluding tert-OH is 1. The first kappa shape index (κ1) is 11.0. The van der Waals surface area contributed by atoms with Gasteiger partial charge >= 0.3 is 0 Å². The Balaban J connectivity index is 2.41. The number of hydrogen-bond donors (Lipinski definition) is 2. The van der Waals surface area contributed by atoms with Crippen LogP contribution >= 0.6 is 0 Å². The van der Waals surface area contributed by atoms with Crippen LogP contribution in [0.1, 0.15) is 26.2 Å². The highest BCUT2D eigenvalue weighted by Crippen LogP contribution is 2.28. The fourth-order valence-corrected chi connectivity index (χ4v) is 2.24. The number of aliphatic hydroxyl groups is 2. The predicted octanol–water partition coefficient (Wildman–Crippen LogP) is 0.665. The van der Waals surface area contributed by atoms with E-state index in [1.54, 1.807) is 0 Å². The van der Waals surface area contributed by atoms with Gasteiger partial charge in [0.25, 0.3) is 0 Å². The van der Waals surface area contributed by atoms with Gasteiger partial charge in [-0.3, -0.25) is 0 Å². The Hall–Kier alpha value is -0.120. The zero-order valence-electron chi connectivity index (χ0n) is 8.61. The van der Waals surface area contributed by atoms with Gasteiger partial charge in [0, 0.05) is 5.92 Å². The highest BCUT2D eigenvalue weighted by Gasteiger charge is 2.28. The molecule has 1 unspecified atom stereocenters. The fourth-order valence-electron chi connectivity index (χ4n) is 2.24. The molecule has 3 heteroatoms. The topological polar surface area (TPSA) is 43.7 Å². The third kappa shape index (κ3) is 2.93. The van der Waals surface area contributed by atoms with E-state index in [2.05, 4.69) is 11.9 Å². The number of hydrogen-bond acceptors (Lipinski definition) is 3. The maximum atomic E-state index is 9.17. The van der Waals surface area contributed by atoms with E-state index in [1.165, 1.54) is 0 Å². The number of likely N-dealkylation sites (tertiary alicyclic amines) is 1. The molecule has 0 aromatic carbocycles. The Bertz CT molecular complexity index is 142. The lowest BCUT2D eigenvalue weighted by molar-refractivity contribution is -0.107. The van der Waals surface area contributed by atoms with E-state index in [0.717, 1.165) is 32.4 Å². The van der Waals surface area contributed by atoms with Crippen LogP contribution in [0.4, 0.5) is 0 Å². The first-order valence-electron chi connectivity index (χ1n) is 5.19. The summed E-state index contributed by atoms with van der Waals surface area (Å²) in [7, 11) is 2.12. The fraction of sp³-hybridized carbons (Fsp3) is 1.00. The van der Waals surface area contributed by atoms with Gasteiger partial charge < -0.3 is 15.1 Å². The van der Waals surface area contributed by atoms with Gasteiger partial charge in [0.15, 0.2) is 6.29 Å². The summed E-state index contributed by atoms with van der Waals surface area (Å²) in [5, 5.41) is 18.3. The van der Waals surface area contributed by atoms with Crippen molar-refractivity contribution in [2.24, 2.45) is 11.8 Å². The molecule has 2 N–H and O–H groups in total. The van der Waals surface area contributed by atoms with Crippen molar-refractivity contribution in [2.45, 2.75) is 32.5 Å². The molecule has 0 aromatic rings. The lowest BCUT2D eigenvalue weighted by atomic mass is 9.82. The largest absolute Gasteiger partial charge is 0.368 e. The third-order valence-corrected chi connectivity index (χ3v) is 3.22.